The molecule has 0 aliphatic carbocycles. The first kappa shape index (κ1) is 13.0. The molecule has 0 bridgehead atoms. The monoisotopic (exact) mass is 243 g/mol. The Morgan fingerprint density at radius 3 is 2.62 bits per heavy atom. The third-order valence-electron chi connectivity index (χ3n) is 2.30. The molecular formula is C11H17NO3S. The van der Waals surface area contributed by atoms with Gasteiger partial charge in [-0.15, -0.1) is 0 Å². The lowest BCUT2D eigenvalue weighted by atomic mass is 10.2. The molecule has 0 unspecified atom stereocenters. The van der Waals surface area contributed by atoms with Gasteiger partial charge in [-0.2, -0.15) is 0 Å². The smallest absolute Gasteiger partial charge is 0.180 e. The predicted molar refractivity (Wildman–Crippen MR) is 64.1 cm³/mol. The molecule has 0 aliphatic heterocycles. The average Bonchev–Trinajstić information content (AvgIpc) is 2.22. The van der Waals surface area contributed by atoms with Crippen molar-refractivity contribution < 1.29 is 13.2 Å². The van der Waals surface area contributed by atoms with Crippen molar-refractivity contribution in [2.45, 2.75) is 18.7 Å². The summed E-state index contributed by atoms with van der Waals surface area (Å²) in [6.07, 6.45) is 0. The SMILES string of the molecule is CCOCCS(=O)(=O)c1ccc(N)c(C)c1. The molecule has 4 nitrogen and oxygen atoms in total. The van der Waals surface area contributed by atoms with Crippen LogP contribution in [0.25, 0.3) is 0 Å². The third-order valence-corrected chi connectivity index (χ3v) is 3.98. The highest BCUT2D eigenvalue weighted by Gasteiger charge is 2.14. The molecule has 1 aromatic carbocycles. The summed E-state index contributed by atoms with van der Waals surface area (Å²) < 4.78 is 28.7. The van der Waals surface area contributed by atoms with E-state index >= 15 is 0 Å². The molecule has 90 valence electrons. The minimum absolute atomic E-state index is 0.00416. The van der Waals surface area contributed by atoms with Crippen LogP contribution in [0, 0.1) is 6.92 Å². The number of benzene rings is 1. The Morgan fingerprint density at radius 2 is 2.06 bits per heavy atom. The fraction of sp³-hybridized carbons (Fsp3) is 0.455. The van der Waals surface area contributed by atoms with Gasteiger partial charge in [-0.05, 0) is 37.6 Å². The molecule has 0 spiro atoms. The molecule has 16 heavy (non-hydrogen) atoms. The quantitative estimate of drug-likeness (QED) is 0.626. The maximum Gasteiger partial charge on any atom is 0.180 e. The summed E-state index contributed by atoms with van der Waals surface area (Å²) in [6, 6.07) is 4.74. The third kappa shape index (κ3) is 3.21. The molecule has 0 aliphatic rings. The van der Waals surface area contributed by atoms with E-state index in [2.05, 4.69) is 0 Å². The van der Waals surface area contributed by atoms with Crippen molar-refractivity contribution in [1.29, 1.82) is 0 Å². The van der Waals surface area contributed by atoms with Gasteiger partial charge in [-0.3, -0.25) is 0 Å². The van der Waals surface area contributed by atoms with E-state index in [1.807, 2.05) is 6.92 Å². The summed E-state index contributed by atoms with van der Waals surface area (Å²) >= 11 is 0. The number of aryl methyl sites for hydroxylation is 1. The van der Waals surface area contributed by atoms with Gasteiger partial charge in [0.05, 0.1) is 17.3 Å². The van der Waals surface area contributed by atoms with Crippen LogP contribution in [-0.2, 0) is 14.6 Å². The van der Waals surface area contributed by atoms with E-state index in [-0.39, 0.29) is 12.4 Å². The normalized spacial score (nSPS) is 11.6. The Bertz CT molecular complexity index is 454. The highest BCUT2D eigenvalue weighted by atomic mass is 32.2. The van der Waals surface area contributed by atoms with Crippen molar-refractivity contribution in [2.24, 2.45) is 0 Å². The largest absolute Gasteiger partial charge is 0.399 e. The molecule has 0 fully saturated rings. The van der Waals surface area contributed by atoms with Gasteiger partial charge in [0.1, 0.15) is 0 Å². The Morgan fingerprint density at radius 1 is 1.38 bits per heavy atom. The lowest BCUT2D eigenvalue weighted by Gasteiger charge is -2.06. The number of hydrogen-bond donors (Lipinski definition) is 1. The maximum atomic E-state index is 11.8. The topological polar surface area (TPSA) is 69.4 Å². The summed E-state index contributed by atoms with van der Waals surface area (Å²) in [5.74, 6) is 0.00416. The van der Waals surface area contributed by atoms with E-state index in [1.54, 1.807) is 19.1 Å². The molecule has 0 aromatic heterocycles. The molecule has 1 rings (SSSR count). The first-order valence-electron chi connectivity index (χ1n) is 5.14. The minimum atomic E-state index is -3.25. The Kier molecular flexibility index (Phi) is 4.32. The molecule has 0 saturated carbocycles. The van der Waals surface area contributed by atoms with Gasteiger partial charge < -0.3 is 10.5 Å². The van der Waals surface area contributed by atoms with Crippen LogP contribution >= 0.6 is 0 Å². The van der Waals surface area contributed by atoms with Crippen molar-refractivity contribution >= 4 is 15.5 Å². The Hall–Kier alpha value is -1.07. The zero-order chi connectivity index (χ0) is 12.2. The van der Waals surface area contributed by atoms with Gasteiger partial charge in [-0.25, -0.2) is 8.42 Å². The van der Waals surface area contributed by atoms with Gasteiger partial charge in [-0.1, -0.05) is 0 Å². The number of ether oxygens (including phenoxy) is 1. The van der Waals surface area contributed by atoms with E-state index in [1.165, 1.54) is 6.07 Å². The highest BCUT2D eigenvalue weighted by Crippen LogP contribution is 2.17. The second kappa shape index (κ2) is 5.32. The summed E-state index contributed by atoms with van der Waals surface area (Å²) in [5.41, 5.74) is 7.01. The van der Waals surface area contributed by atoms with Gasteiger partial charge in [0.15, 0.2) is 9.84 Å². The molecule has 1 aromatic rings. The van der Waals surface area contributed by atoms with Crippen LogP contribution in [0.1, 0.15) is 12.5 Å². The van der Waals surface area contributed by atoms with Crippen LogP contribution in [0.15, 0.2) is 23.1 Å². The lowest BCUT2D eigenvalue weighted by Crippen LogP contribution is -2.12. The number of anilines is 1. The molecule has 0 radical (unpaired) electrons. The van der Waals surface area contributed by atoms with Gasteiger partial charge in [0, 0.05) is 12.3 Å². The number of nitrogen functional groups attached to an aromatic ring is 1. The number of rotatable bonds is 5. The van der Waals surface area contributed by atoms with E-state index < -0.39 is 9.84 Å². The van der Waals surface area contributed by atoms with Gasteiger partial charge >= 0.3 is 0 Å². The summed E-state index contributed by atoms with van der Waals surface area (Å²) in [4.78, 5) is 0.305. The van der Waals surface area contributed by atoms with Gasteiger partial charge in [0.25, 0.3) is 0 Å². The van der Waals surface area contributed by atoms with E-state index in [0.717, 1.165) is 5.56 Å². The van der Waals surface area contributed by atoms with Crippen LogP contribution in [-0.4, -0.2) is 27.4 Å². The van der Waals surface area contributed by atoms with Crippen molar-refractivity contribution in [2.75, 3.05) is 24.7 Å². The number of nitrogens with two attached hydrogens (primary N) is 1. The van der Waals surface area contributed by atoms with E-state index in [0.29, 0.717) is 17.2 Å². The standard InChI is InChI=1S/C11H17NO3S/c1-3-15-6-7-16(13,14)10-4-5-11(12)9(2)8-10/h4-5,8H,3,6-7,12H2,1-2H3. The zero-order valence-electron chi connectivity index (χ0n) is 9.56. The maximum absolute atomic E-state index is 11.8. The van der Waals surface area contributed by atoms with Crippen LogP contribution in [0.4, 0.5) is 5.69 Å². The Balaban J connectivity index is 2.86. The Labute approximate surface area is 96.3 Å². The van der Waals surface area contributed by atoms with Crippen molar-refractivity contribution in [3.8, 4) is 0 Å². The summed E-state index contributed by atoms with van der Waals surface area (Å²) in [6.45, 7) is 4.37. The lowest BCUT2D eigenvalue weighted by molar-refractivity contribution is 0.163. The van der Waals surface area contributed by atoms with Crippen molar-refractivity contribution in [1.82, 2.24) is 0 Å². The summed E-state index contributed by atoms with van der Waals surface area (Å²) in [7, 11) is -3.25. The number of hydrogen-bond acceptors (Lipinski definition) is 4. The fourth-order valence-electron chi connectivity index (χ4n) is 1.27. The summed E-state index contributed by atoms with van der Waals surface area (Å²) in [5, 5.41) is 0. The molecular weight excluding hydrogens is 226 g/mol. The van der Waals surface area contributed by atoms with Crippen LogP contribution < -0.4 is 5.73 Å². The molecule has 0 heterocycles. The first-order chi connectivity index (χ1) is 7.47. The first-order valence-corrected chi connectivity index (χ1v) is 6.79. The van der Waals surface area contributed by atoms with Crippen LogP contribution in [0.3, 0.4) is 0 Å². The van der Waals surface area contributed by atoms with Crippen molar-refractivity contribution in [3.63, 3.8) is 0 Å². The zero-order valence-corrected chi connectivity index (χ0v) is 10.4. The molecule has 0 atom stereocenters. The van der Waals surface area contributed by atoms with Gasteiger partial charge in [0.2, 0.25) is 0 Å². The minimum Gasteiger partial charge on any atom is -0.399 e. The van der Waals surface area contributed by atoms with Crippen LogP contribution in [0.2, 0.25) is 0 Å². The second-order valence-electron chi connectivity index (χ2n) is 3.53. The van der Waals surface area contributed by atoms with Crippen LogP contribution in [0.5, 0.6) is 0 Å². The fourth-order valence-corrected chi connectivity index (χ4v) is 2.48. The molecule has 5 heteroatoms. The molecule has 2 N–H and O–H groups in total. The van der Waals surface area contributed by atoms with E-state index in [9.17, 15) is 8.42 Å². The highest BCUT2D eigenvalue weighted by molar-refractivity contribution is 7.91. The average molecular weight is 243 g/mol. The van der Waals surface area contributed by atoms with E-state index in [4.69, 9.17) is 10.5 Å². The molecule has 0 saturated heterocycles. The second-order valence-corrected chi connectivity index (χ2v) is 5.64. The number of sulfone groups is 1. The molecule has 0 amide bonds. The van der Waals surface area contributed by atoms with Crippen molar-refractivity contribution in [3.05, 3.63) is 23.8 Å². The predicted octanol–water partition coefficient (Wildman–Crippen LogP) is 1.39.